The van der Waals surface area contributed by atoms with E-state index in [1.807, 2.05) is 0 Å². The van der Waals surface area contributed by atoms with Gasteiger partial charge in [-0.1, -0.05) is 24.3 Å². The van der Waals surface area contributed by atoms with Crippen LogP contribution in [-0.4, -0.2) is 21.8 Å². The molecular weight excluding hydrogens is 432 g/mol. The number of amides is 2. The maximum absolute atomic E-state index is 14.4. The lowest BCUT2D eigenvalue weighted by molar-refractivity contribution is 0.0891. The Morgan fingerprint density at radius 3 is 1.75 bits per heavy atom. The molecule has 0 atom stereocenters. The summed E-state index contributed by atoms with van der Waals surface area (Å²) in [4.78, 5) is 35.0. The lowest BCUT2D eigenvalue weighted by atomic mass is 10.0. The highest BCUT2D eigenvalue weighted by atomic mass is 79.9. The van der Waals surface area contributed by atoms with Gasteiger partial charge in [0.25, 0.3) is 11.8 Å². The first-order chi connectivity index (χ1) is 13.3. The van der Waals surface area contributed by atoms with Gasteiger partial charge in [-0.2, -0.15) is 0 Å². The van der Waals surface area contributed by atoms with E-state index < -0.39 is 23.4 Å². The first kappa shape index (κ1) is 19.8. The molecule has 0 aliphatic rings. The summed E-state index contributed by atoms with van der Waals surface area (Å²) in [6, 6.07) is 8.22. The molecule has 2 amide bonds. The van der Waals surface area contributed by atoms with Crippen molar-refractivity contribution in [3.63, 3.8) is 0 Å². The molecular formula is C20H14BrF2N3O2. The summed E-state index contributed by atoms with van der Waals surface area (Å²) in [5.41, 5.74) is 0.0698. The number of aromatic nitrogens is 2. The molecule has 5 nitrogen and oxygen atoms in total. The van der Waals surface area contributed by atoms with Gasteiger partial charge in [-0.15, -0.1) is 0 Å². The number of nitrogens with zero attached hydrogens (tertiary/aromatic N) is 3. The Labute approximate surface area is 168 Å². The van der Waals surface area contributed by atoms with Crippen LogP contribution >= 0.6 is 15.9 Å². The first-order valence-electron chi connectivity index (χ1n) is 8.18. The number of anilines is 1. The van der Waals surface area contributed by atoms with Crippen LogP contribution in [0.5, 0.6) is 0 Å². The van der Waals surface area contributed by atoms with Gasteiger partial charge in [0.05, 0.1) is 23.5 Å². The van der Waals surface area contributed by atoms with E-state index in [1.54, 1.807) is 26.0 Å². The molecule has 0 N–H and O–H groups in total. The van der Waals surface area contributed by atoms with Crippen LogP contribution in [0.3, 0.4) is 0 Å². The number of carbonyl (C=O) groups excluding carboxylic acids is 2. The van der Waals surface area contributed by atoms with E-state index in [0.29, 0.717) is 20.6 Å². The highest BCUT2D eigenvalue weighted by Gasteiger charge is 2.32. The minimum Gasteiger partial charge on any atom is -0.268 e. The van der Waals surface area contributed by atoms with Gasteiger partial charge in [0.2, 0.25) is 0 Å². The van der Waals surface area contributed by atoms with Crippen LogP contribution in [0.1, 0.15) is 31.8 Å². The molecule has 0 saturated carbocycles. The SMILES string of the molecule is Cc1cccc(F)c1C(=O)N(C(=O)c1c(C)cccc1F)c1cnc(Br)cn1. The minimum absolute atomic E-state index is 0.150. The molecule has 3 aromatic rings. The summed E-state index contributed by atoms with van der Waals surface area (Å²) in [7, 11) is 0. The van der Waals surface area contributed by atoms with Crippen molar-refractivity contribution in [1.82, 2.24) is 9.97 Å². The number of hydrogen-bond acceptors (Lipinski definition) is 4. The Morgan fingerprint density at radius 2 is 1.36 bits per heavy atom. The number of carbonyl (C=O) groups is 2. The highest BCUT2D eigenvalue weighted by molar-refractivity contribution is 9.10. The van der Waals surface area contributed by atoms with Crippen molar-refractivity contribution in [2.75, 3.05) is 4.90 Å². The molecule has 0 aliphatic carbocycles. The minimum atomic E-state index is -0.958. The van der Waals surface area contributed by atoms with Crippen LogP contribution in [0.4, 0.5) is 14.6 Å². The summed E-state index contributed by atoms with van der Waals surface area (Å²) in [5, 5.41) is 0. The van der Waals surface area contributed by atoms with Gasteiger partial charge in [-0.25, -0.2) is 23.6 Å². The highest BCUT2D eigenvalue weighted by Crippen LogP contribution is 2.24. The lowest BCUT2D eigenvalue weighted by Gasteiger charge is -2.22. The largest absolute Gasteiger partial charge is 0.269 e. The molecule has 0 saturated heterocycles. The number of hydrogen-bond donors (Lipinski definition) is 0. The van der Waals surface area contributed by atoms with Crippen molar-refractivity contribution in [3.05, 3.63) is 87.3 Å². The van der Waals surface area contributed by atoms with Crippen molar-refractivity contribution in [2.24, 2.45) is 0 Å². The average Bonchev–Trinajstić information content (AvgIpc) is 2.63. The number of benzene rings is 2. The van der Waals surface area contributed by atoms with Gasteiger partial charge in [0, 0.05) is 0 Å². The number of halogens is 3. The molecule has 1 aromatic heterocycles. The van der Waals surface area contributed by atoms with E-state index in [9.17, 15) is 18.4 Å². The number of rotatable bonds is 3. The van der Waals surface area contributed by atoms with Gasteiger partial charge in [-0.05, 0) is 53.0 Å². The molecule has 0 radical (unpaired) electrons. The molecule has 0 bridgehead atoms. The zero-order chi connectivity index (χ0) is 20.4. The third-order valence-corrected chi connectivity index (χ3v) is 4.52. The summed E-state index contributed by atoms with van der Waals surface area (Å²) >= 11 is 3.12. The van der Waals surface area contributed by atoms with Crippen molar-refractivity contribution < 1.29 is 18.4 Å². The molecule has 0 fully saturated rings. The third kappa shape index (κ3) is 3.68. The molecule has 3 rings (SSSR count). The monoisotopic (exact) mass is 445 g/mol. The Morgan fingerprint density at radius 1 is 0.857 bits per heavy atom. The molecule has 1 heterocycles. The van der Waals surface area contributed by atoms with Crippen molar-refractivity contribution in [1.29, 1.82) is 0 Å². The van der Waals surface area contributed by atoms with E-state index >= 15 is 0 Å². The van der Waals surface area contributed by atoms with Gasteiger partial charge >= 0.3 is 0 Å². The summed E-state index contributed by atoms with van der Waals surface area (Å²) in [6.07, 6.45) is 2.46. The van der Waals surface area contributed by atoms with Crippen molar-refractivity contribution in [3.8, 4) is 0 Å². The van der Waals surface area contributed by atoms with Crippen LogP contribution in [-0.2, 0) is 0 Å². The Hall–Kier alpha value is -3.00. The quantitative estimate of drug-likeness (QED) is 0.551. The predicted molar refractivity (Wildman–Crippen MR) is 103 cm³/mol. The predicted octanol–water partition coefficient (Wildman–Crippen LogP) is 4.62. The topological polar surface area (TPSA) is 63.2 Å². The van der Waals surface area contributed by atoms with Gasteiger partial charge in [0.15, 0.2) is 5.82 Å². The van der Waals surface area contributed by atoms with E-state index in [2.05, 4.69) is 25.9 Å². The fraction of sp³-hybridized carbons (Fsp3) is 0.100. The van der Waals surface area contributed by atoms with Gasteiger partial charge < -0.3 is 0 Å². The zero-order valence-corrected chi connectivity index (χ0v) is 16.5. The smallest absolute Gasteiger partial charge is 0.268 e. The second-order valence-electron chi connectivity index (χ2n) is 6.01. The van der Waals surface area contributed by atoms with E-state index in [-0.39, 0.29) is 16.9 Å². The number of aryl methyl sites for hydroxylation is 2. The Bertz CT molecular complexity index is 968. The molecule has 28 heavy (non-hydrogen) atoms. The summed E-state index contributed by atoms with van der Waals surface area (Å²) < 4.78 is 29.2. The van der Waals surface area contributed by atoms with Crippen LogP contribution in [0.15, 0.2) is 53.4 Å². The van der Waals surface area contributed by atoms with Gasteiger partial charge in [-0.3, -0.25) is 9.59 Å². The molecule has 0 aliphatic heterocycles. The molecule has 142 valence electrons. The molecule has 2 aromatic carbocycles. The maximum Gasteiger partial charge on any atom is 0.269 e. The van der Waals surface area contributed by atoms with E-state index in [0.717, 1.165) is 12.1 Å². The van der Waals surface area contributed by atoms with Crippen LogP contribution in [0.25, 0.3) is 0 Å². The van der Waals surface area contributed by atoms with Gasteiger partial charge in [0.1, 0.15) is 16.2 Å². The summed E-state index contributed by atoms with van der Waals surface area (Å²) in [6.45, 7) is 3.08. The molecule has 0 spiro atoms. The zero-order valence-electron chi connectivity index (χ0n) is 14.9. The van der Waals surface area contributed by atoms with Crippen LogP contribution < -0.4 is 4.90 Å². The number of imide groups is 1. The second kappa shape index (κ2) is 7.93. The fourth-order valence-corrected chi connectivity index (χ4v) is 2.96. The Kier molecular flexibility index (Phi) is 5.60. The van der Waals surface area contributed by atoms with Crippen LogP contribution in [0.2, 0.25) is 0 Å². The maximum atomic E-state index is 14.4. The van der Waals surface area contributed by atoms with E-state index in [1.165, 1.54) is 24.5 Å². The fourth-order valence-electron chi connectivity index (χ4n) is 2.75. The third-order valence-electron chi connectivity index (χ3n) is 4.11. The van der Waals surface area contributed by atoms with Crippen molar-refractivity contribution in [2.45, 2.75) is 13.8 Å². The lowest BCUT2D eigenvalue weighted by Crippen LogP contribution is -2.39. The first-order valence-corrected chi connectivity index (χ1v) is 8.97. The van der Waals surface area contributed by atoms with E-state index in [4.69, 9.17) is 0 Å². The normalized spacial score (nSPS) is 10.6. The second-order valence-corrected chi connectivity index (χ2v) is 6.82. The molecule has 0 unspecified atom stereocenters. The average molecular weight is 446 g/mol. The molecule has 8 heteroatoms. The Balaban J connectivity index is 2.20. The summed E-state index contributed by atoms with van der Waals surface area (Å²) in [5.74, 6) is -3.65. The van der Waals surface area contributed by atoms with Crippen molar-refractivity contribution >= 4 is 33.6 Å². The standard InChI is InChI=1S/C20H14BrF2N3O2/c1-11-5-3-7-13(22)17(11)19(27)26(16-10-24-15(21)9-25-16)20(28)18-12(2)6-4-8-14(18)23/h3-10H,1-2H3. The van der Waals surface area contributed by atoms with Crippen LogP contribution in [0, 0.1) is 25.5 Å².